The van der Waals surface area contributed by atoms with Gasteiger partial charge in [0.25, 0.3) is 0 Å². The molecule has 1 aromatic carbocycles. The number of hydrogen-bond acceptors (Lipinski definition) is 11. The number of carboxylic acid groups (broad SMARTS) is 1. The average molecular weight is 685 g/mol. The first-order valence-corrected chi connectivity index (χ1v) is 17.5. The van der Waals surface area contributed by atoms with Crippen LogP contribution in [0.1, 0.15) is 44.1 Å². The maximum absolute atomic E-state index is 12.0. The monoisotopic (exact) mass is 684 g/mol. The quantitative estimate of drug-likeness (QED) is 0.0642. The molecule has 3 amide bonds. The van der Waals surface area contributed by atoms with Gasteiger partial charge in [0.1, 0.15) is 11.5 Å². The Kier molecular flexibility index (Phi) is 19.3. The van der Waals surface area contributed by atoms with Gasteiger partial charge in [-0.1, -0.05) is 6.42 Å². The minimum atomic E-state index is -0.832. The molecule has 266 valence electrons. The van der Waals surface area contributed by atoms with Gasteiger partial charge >= 0.3 is 12.0 Å². The molecule has 15 heteroatoms. The summed E-state index contributed by atoms with van der Waals surface area (Å²) in [6.07, 6.45) is 3.85. The number of methoxy groups -OCH3 is 1. The van der Waals surface area contributed by atoms with E-state index in [2.05, 4.69) is 21.3 Å². The lowest BCUT2D eigenvalue weighted by Gasteiger charge is -2.16. The normalized spacial score (nSPS) is 18.4. The van der Waals surface area contributed by atoms with E-state index < -0.39 is 5.97 Å². The van der Waals surface area contributed by atoms with E-state index in [-0.39, 0.29) is 30.4 Å². The van der Waals surface area contributed by atoms with Crippen LogP contribution in [0.5, 0.6) is 11.5 Å². The molecule has 14 nitrogen and oxygen atoms in total. The van der Waals surface area contributed by atoms with Crippen molar-refractivity contribution in [3.05, 3.63) is 23.8 Å². The van der Waals surface area contributed by atoms with Crippen molar-refractivity contribution in [2.75, 3.05) is 85.4 Å². The maximum Gasteiger partial charge on any atom is 0.315 e. The maximum atomic E-state index is 12.0. The molecule has 0 unspecified atom stereocenters. The molecule has 2 fully saturated rings. The van der Waals surface area contributed by atoms with Crippen molar-refractivity contribution in [3.63, 3.8) is 0 Å². The fourth-order valence-corrected chi connectivity index (χ4v) is 6.69. The summed E-state index contributed by atoms with van der Waals surface area (Å²) in [6, 6.07) is 5.93. The zero-order valence-corrected chi connectivity index (χ0v) is 28.2. The third kappa shape index (κ3) is 16.2. The number of urea groups is 1. The highest BCUT2D eigenvalue weighted by atomic mass is 32.2. The van der Waals surface area contributed by atoms with Gasteiger partial charge in [0.2, 0.25) is 5.91 Å². The fourth-order valence-electron chi connectivity index (χ4n) is 5.15. The molecule has 0 radical (unpaired) electrons. The Morgan fingerprint density at radius 1 is 0.894 bits per heavy atom. The molecule has 47 heavy (non-hydrogen) atoms. The smallest absolute Gasteiger partial charge is 0.315 e. The van der Waals surface area contributed by atoms with Crippen LogP contribution in [-0.2, 0) is 35.1 Å². The van der Waals surface area contributed by atoms with E-state index in [0.29, 0.717) is 103 Å². The molecule has 0 saturated carbocycles. The molecule has 2 aliphatic heterocycles. The molecule has 2 saturated heterocycles. The van der Waals surface area contributed by atoms with E-state index in [1.165, 1.54) is 0 Å². The summed E-state index contributed by atoms with van der Waals surface area (Å²) in [5, 5.41) is 21.3. The molecule has 0 aromatic heterocycles. The Labute approximate surface area is 281 Å². The second-order valence-electron chi connectivity index (χ2n) is 11.2. The van der Waals surface area contributed by atoms with Crippen LogP contribution in [-0.4, -0.2) is 126 Å². The number of carbonyl (C=O) groups is 3. The molecule has 0 spiro atoms. The Balaban J connectivity index is 1.04. The molecule has 2 aliphatic rings. The van der Waals surface area contributed by atoms with Crippen LogP contribution in [0.4, 0.5) is 4.79 Å². The van der Waals surface area contributed by atoms with Gasteiger partial charge in [0, 0.05) is 49.0 Å². The summed E-state index contributed by atoms with van der Waals surface area (Å²) in [7, 11) is 1.62. The van der Waals surface area contributed by atoms with E-state index in [0.717, 1.165) is 36.3 Å². The van der Waals surface area contributed by atoms with Crippen molar-refractivity contribution in [1.29, 1.82) is 0 Å². The molecule has 1 aromatic rings. The van der Waals surface area contributed by atoms with Gasteiger partial charge in [-0.3, -0.25) is 9.59 Å². The summed E-state index contributed by atoms with van der Waals surface area (Å²) < 4.78 is 33.2. The fraction of sp³-hybridized carbons (Fsp3) is 0.719. The number of benzene rings is 1. The molecule has 2 heterocycles. The van der Waals surface area contributed by atoms with Crippen LogP contribution in [0.3, 0.4) is 0 Å². The summed E-state index contributed by atoms with van der Waals surface area (Å²) in [4.78, 5) is 34.1. The summed E-state index contributed by atoms with van der Waals surface area (Å²) >= 11 is 1.90. The van der Waals surface area contributed by atoms with Gasteiger partial charge in [-0.05, 0) is 37.5 Å². The standard InChI is InChI=1S/C32H52N4O10S/c1-41-27-9-8-25(46-12-4-7-30(38)39)21-24(27)22-33-10-13-42-15-17-44-19-20-45-18-16-43-14-11-34-29(37)6-3-2-5-28-31-26(23-47-28)35-32(40)36-31/h8-9,21,26,28,31,33H,2-7,10-20,22-23H2,1H3,(H,34,37)(H,38,39)(H2,35,36,40)/t26-,28-,31-/m0/s1. The van der Waals surface area contributed by atoms with Crippen molar-refractivity contribution >= 4 is 29.7 Å². The highest BCUT2D eigenvalue weighted by molar-refractivity contribution is 8.00. The number of unbranched alkanes of at least 4 members (excludes halogenated alkanes) is 1. The van der Waals surface area contributed by atoms with Crippen LogP contribution in [0.25, 0.3) is 0 Å². The van der Waals surface area contributed by atoms with Crippen molar-refractivity contribution in [2.24, 2.45) is 0 Å². The molecule has 3 atom stereocenters. The SMILES string of the molecule is COc1ccc(OCCCC(=O)O)cc1CNCCOCCOCCOCCOCCNC(=O)CCCC[C@@H]1SC[C@@H]2NC(=O)N[C@@H]21. The van der Waals surface area contributed by atoms with E-state index in [1.54, 1.807) is 7.11 Å². The Morgan fingerprint density at radius 3 is 2.30 bits per heavy atom. The topological polar surface area (TPSA) is 175 Å². The first-order chi connectivity index (χ1) is 23.0. The van der Waals surface area contributed by atoms with Crippen molar-refractivity contribution in [3.8, 4) is 11.5 Å². The first kappa shape index (κ1) is 38.6. The van der Waals surface area contributed by atoms with Gasteiger partial charge in [-0.15, -0.1) is 0 Å². The van der Waals surface area contributed by atoms with Gasteiger partial charge in [-0.25, -0.2) is 4.79 Å². The summed E-state index contributed by atoms with van der Waals surface area (Å²) in [6.45, 7) is 5.84. The number of aliphatic carboxylic acids is 1. The van der Waals surface area contributed by atoms with E-state index in [4.69, 9.17) is 33.5 Å². The Morgan fingerprint density at radius 2 is 1.60 bits per heavy atom. The lowest BCUT2D eigenvalue weighted by molar-refractivity contribution is -0.137. The lowest BCUT2D eigenvalue weighted by atomic mass is 10.0. The Hall–Kier alpha value is -2.82. The van der Waals surface area contributed by atoms with Crippen LogP contribution in [0, 0.1) is 0 Å². The van der Waals surface area contributed by atoms with E-state index >= 15 is 0 Å². The Bertz CT molecular complexity index is 1070. The zero-order chi connectivity index (χ0) is 33.5. The van der Waals surface area contributed by atoms with Crippen molar-refractivity contribution < 1.29 is 47.9 Å². The number of carbonyl (C=O) groups excluding carboxylic acids is 2. The third-order valence-corrected chi connectivity index (χ3v) is 9.07. The van der Waals surface area contributed by atoms with Crippen LogP contribution >= 0.6 is 11.8 Å². The highest BCUT2D eigenvalue weighted by Crippen LogP contribution is 2.33. The van der Waals surface area contributed by atoms with Gasteiger partial charge < -0.3 is 54.8 Å². The predicted octanol–water partition coefficient (Wildman–Crippen LogP) is 1.94. The first-order valence-electron chi connectivity index (χ1n) is 16.4. The van der Waals surface area contributed by atoms with Crippen LogP contribution < -0.4 is 30.7 Å². The van der Waals surface area contributed by atoms with E-state index in [1.807, 2.05) is 30.0 Å². The number of hydrogen-bond donors (Lipinski definition) is 5. The molecule has 3 rings (SSSR count). The molecule has 5 N–H and O–H groups in total. The second kappa shape index (κ2) is 23.5. The van der Waals surface area contributed by atoms with Crippen LogP contribution in [0.15, 0.2) is 18.2 Å². The minimum absolute atomic E-state index is 0.0382. The summed E-state index contributed by atoms with van der Waals surface area (Å²) in [5.74, 6) is 1.59. The van der Waals surface area contributed by atoms with E-state index in [9.17, 15) is 14.4 Å². The highest BCUT2D eigenvalue weighted by Gasteiger charge is 2.42. The number of nitrogens with one attached hydrogen (secondary N) is 4. The van der Waals surface area contributed by atoms with Crippen LogP contribution in [0.2, 0.25) is 0 Å². The number of rotatable bonds is 28. The molecular formula is C32H52N4O10S. The zero-order valence-electron chi connectivity index (χ0n) is 27.4. The lowest BCUT2D eigenvalue weighted by Crippen LogP contribution is -2.36. The largest absolute Gasteiger partial charge is 0.496 e. The number of amides is 3. The third-order valence-electron chi connectivity index (χ3n) is 7.56. The van der Waals surface area contributed by atoms with Gasteiger partial charge in [-0.2, -0.15) is 11.8 Å². The summed E-state index contributed by atoms with van der Waals surface area (Å²) in [5.41, 5.74) is 0.943. The van der Waals surface area contributed by atoms with Crippen molar-refractivity contribution in [1.82, 2.24) is 21.3 Å². The average Bonchev–Trinajstić information content (AvgIpc) is 3.61. The minimum Gasteiger partial charge on any atom is -0.496 e. The number of ether oxygens (including phenoxy) is 6. The number of carboxylic acids is 1. The van der Waals surface area contributed by atoms with Gasteiger partial charge in [0.05, 0.1) is 78.7 Å². The number of thioether (sulfide) groups is 1. The van der Waals surface area contributed by atoms with Gasteiger partial charge in [0.15, 0.2) is 0 Å². The van der Waals surface area contributed by atoms with Crippen molar-refractivity contribution in [2.45, 2.75) is 62.4 Å². The number of fused-ring (bicyclic) bond motifs is 1. The molecule has 0 aliphatic carbocycles. The molecule has 0 bridgehead atoms. The second-order valence-corrected chi connectivity index (χ2v) is 12.4. The molecular weight excluding hydrogens is 632 g/mol. The predicted molar refractivity (Wildman–Crippen MR) is 177 cm³/mol.